The molecule has 0 saturated heterocycles. The van der Waals surface area contributed by atoms with Crippen molar-refractivity contribution in [2.24, 2.45) is 17.8 Å². The fourth-order valence-electron chi connectivity index (χ4n) is 3.96. The van der Waals surface area contributed by atoms with E-state index in [4.69, 9.17) is 9.84 Å². The van der Waals surface area contributed by atoms with Crippen LogP contribution in [0.5, 0.6) is 5.75 Å². The Morgan fingerprint density at radius 2 is 2.04 bits per heavy atom. The normalized spacial score (nSPS) is 27.1. The second-order valence-corrected chi connectivity index (χ2v) is 8.08. The highest BCUT2D eigenvalue weighted by Crippen LogP contribution is 2.47. The summed E-state index contributed by atoms with van der Waals surface area (Å²) in [5, 5.41) is 9.13. The molecule has 0 amide bonds. The smallest absolute Gasteiger partial charge is 0.307 e. The predicted molar refractivity (Wildman–Crippen MR) is 103 cm³/mol. The number of rotatable bonds is 6. The Hall–Kier alpha value is -2.43. The number of aromatic nitrogens is 2. The summed E-state index contributed by atoms with van der Waals surface area (Å²) in [5.74, 6) is 1.25. The first-order valence-corrected chi connectivity index (χ1v) is 9.88. The van der Waals surface area contributed by atoms with Crippen molar-refractivity contribution in [3.8, 4) is 17.0 Å². The molecule has 0 aromatic carbocycles. The maximum Gasteiger partial charge on any atom is 0.307 e. The van der Waals surface area contributed by atoms with Gasteiger partial charge in [-0.1, -0.05) is 25.8 Å². The molecular weight excluding hydrogens is 340 g/mol. The van der Waals surface area contributed by atoms with E-state index in [1.165, 1.54) is 25.7 Å². The van der Waals surface area contributed by atoms with Gasteiger partial charge in [-0.2, -0.15) is 0 Å². The number of aliphatic carboxylic acids is 1. The van der Waals surface area contributed by atoms with E-state index >= 15 is 0 Å². The zero-order valence-corrected chi connectivity index (χ0v) is 15.7. The molecule has 2 heterocycles. The van der Waals surface area contributed by atoms with Gasteiger partial charge in [0.1, 0.15) is 5.75 Å². The molecule has 5 heteroatoms. The highest BCUT2D eigenvalue weighted by Gasteiger charge is 2.45. The van der Waals surface area contributed by atoms with Gasteiger partial charge in [0, 0.05) is 23.4 Å². The first kappa shape index (κ1) is 18.0. The van der Waals surface area contributed by atoms with Crippen LogP contribution in [0.3, 0.4) is 0 Å². The van der Waals surface area contributed by atoms with E-state index in [2.05, 4.69) is 16.9 Å². The minimum Gasteiger partial charge on any atom is -0.492 e. The topological polar surface area (TPSA) is 72.3 Å². The lowest BCUT2D eigenvalue weighted by atomic mass is 9.83. The summed E-state index contributed by atoms with van der Waals surface area (Å²) in [6, 6.07) is 7.76. The Morgan fingerprint density at radius 3 is 2.78 bits per heavy atom. The standard InChI is InChI=1S/C22H26N2O3/c1-14-5-7-15(8-6-14)13-27-17-9-16(11-23-12-17)20-3-2-4-21(24-20)18-10-19(18)22(25)26/h2-4,9,11-12,14-15,18-19H,5-8,10,13H2,1H3,(H,25,26)/t14?,15?,18-,19-/m0/s1. The van der Waals surface area contributed by atoms with Crippen LogP contribution >= 0.6 is 0 Å². The average Bonchev–Trinajstić information content (AvgIpc) is 3.49. The highest BCUT2D eigenvalue weighted by molar-refractivity contribution is 5.75. The Kier molecular flexibility index (Phi) is 5.10. The highest BCUT2D eigenvalue weighted by atomic mass is 16.5. The van der Waals surface area contributed by atoms with Crippen LogP contribution in [0.25, 0.3) is 11.3 Å². The van der Waals surface area contributed by atoms with E-state index in [1.807, 2.05) is 24.3 Å². The monoisotopic (exact) mass is 366 g/mol. The predicted octanol–water partition coefficient (Wildman–Crippen LogP) is 4.54. The summed E-state index contributed by atoms with van der Waals surface area (Å²) < 4.78 is 6.01. The van der Waals surface area contributed by atoms with Crippen LogP contribution in [0, 0.1) is 17.8 Å². The molecule has 4 rings (SSSR count). The summed E-state index contributed by atoms with van der Waals surface area (Å²) in [7, 11) is 0. The molecule has 0 spiro atoms. The fourth-order valence-corrected chi connectivity index (χ4v) is 3.96. The number of ether oxygens (including phenoxy) is 1. The van der Waals surface area contributed by atoms with E-state index in [0.717, 1.165) is 35.2 Å². The Labute approximate surface area is 159 Å². The minimum atomic E-state index is -0.735. The molecule has 5 nitrogen and oxygen atoms in total. The van der Waals surface area contributed by atoms with Gasteiger partial charge in [-0.15, -0.1) is 0 Å². The van der Waals surface area contributed by atoms with Crippen LogP contribution in [0.15, 0.2) is 36.7 Å². The number of carboxylic acids is 1. The molecule has 1 N–H and O–H groups in total. The van der Waals surface area contributed by atoms with Gasteiger partial charge in [0.2, 0.25) is 0 Å². The van der Waals surface area contributed by atoms with Gasteiger partial charge in [-0.3, -0.25) is 14.8 Å². The van der Waals surface area contributed by atoms with Crippen molar-refractivity contribution in [2.75, 3.05) is 6.61 Å². The van der Waals surface area contributed by atoms with Crippen LogP contribution in [-0.2, 0) is 4.79 Å². The quantitative estimate of drug-likeness (QED) is 0.813. The molecular formula is C22H26N2O3. The lowest BCUT2D eigenvalue weighted by Crippen LogP contribution is -2.18. The number of carboxylic acid groups (broad SMARTS) is 1. The van der Waals surface area contributed by atoms with E-state index in [-0.39, 0.29) is 11.8 Å². The summed E-state index contributed by atoms with van der Waals surface area (Å²) in [6.45, 7) is 3.07. The van der Waals surface area contributed by atoms with Gasteiger partial charge in [0.05, 0.1) is 24.4 Å². The second-order valence-electron chi connectivity index (χ2n) is 8.08. The number of pyridine rings is 2. The summed E-state index contributed by atoms with van der Waals surface area (Å²) in [6.07, 6.45) is 9.27. The lowest BCUT2D eigenvalue weighted by Gasteiger charge is -2.26. The van der Waals surface area contributed by atoms with Gasteiger partial charge < -0.3 is 9.84 Å². The maximum atomic E-state index is 11.1. The Balaban J connectivity index is 1.42. The molecule has 2 aliphatic rings. The van der Waals surface area contributed by atoms with E-state index in [9.17, 15) is 4.79 Å². The average molecular weight is 366 g/mol. The van der Waals surface area contributed by atoms with Crippen molar-refractivity contribution in [3.63, 3.8) is 0 Å². The molecule has 142 valence electrons. The molecule has 0 bridgehead atoms. The second kappa shape index (κ2) is 7.67. The molecule has 0 aliphatic heterocycles. The molecule has 2 aromatic rings. The van der Waals surface area contributed by atoms with Gasteiger partial charge in [0.15, 0.2) is 0 Å². The van der Waals surface area contributed by atoms with Crippen molar-refractivity contribution in [3.05, 3.63) is 42.4 Å². The molecule has 27 heavy (non-hydrogen) atoms. The van der Waals surface area contributed by atoms with Crippen molar-refractivity contribution in [2.45, 2.75) is 44.9 Å². The SMILES string of the molecule is CC1CCC(COc2cncc(-c3cccc([C@H]4C[C@@H]4C(=O)O)n3)c2)CC1. The zero-order chi connectivity index (χ0) is 18.8. The molecule has 0 unspecified atom stereocenters. The van der Waals surface area contributed by atoms with Gasteiger partial charge in [-0.25, -0.2) is 0 Å². The Morgan fingerprint density at radius 1 is 1.22 bits per heavy atom. The van der Waals surface area contributed by atoms with Crippen molar-refractivity contribution < 1.29 is 14.6 Å². The van der Waals surface area contributed by atoms with Crippen LogP contribution in [0.2, 0.25) is 0 Å². The van der Waals surface area contributed by atoms with E-state index in [0.29, 0.717) is 12.3 Å². The zero-order valence-electron chi connectivity index (χ0n) is 15.7. The number of hydrogen-bond acceptors (Lipinski definition) is 4. The van der Waals surface area contributed by atoms with Crippen LogP contribution in [0.1, 0.15) is 50.6 Å². The van der Waals surface area contributed by atoms with Crippen LogP contribution < -0.4 is 4.74 Å². The van der Waals surface area contributed by atoms with Crippen molar-refractivity contribution >= 4 is 5.97 Å². The lowest BCUT2D eigenvalue weighted by molar-refractivity contribution is -0.138. The fraction of sp³-hybridized carbons (Fsp3) is 0.500. The summed E-state index contributed by atoms with van der Waals surface area (Å²) >= 11 is 0. The van der Waals surface area contributed by atoms with Crippen LogP contribution in [0.4, 0.5) is 0 Å². The van der Waals surface area contributed by atoms with Crippen LogP contribution in [-0.4, -0.2) is 27.7 Å². The number of nitrogens with zero attached hydrogens (tertiary/aromatic N) is 2. The van der Waals surface area contributed by atoms with Gasteiger partial charge >= 0.3 is 5.97 Å². The van der Waals surface area contributed by atoms with Crippen molar-refractivity contribution in [1.29, 1.82) is 0 Å². The molecule has 0 radical (unpaired) electrons. The van der Waals surface area contributed by atoms with Crippen molar-refractivity contribution in [1.82, 2.24) is 9.97 Å². The first-order valence-electron chi connectivity index (χ1n) is 9.88. The maximum absolute atomic E-state index is 11.1. The third kappa shape index (κ3) is 4.29. The number of carbonyl (C=O) groups is 1. The van der Waals surface area contributed by atoms with Gasteiger partial charge in [0.25, 0.3) is 0 Å². The molecule has 2 aliphatic carbocycles. The molecule has 2 saturated carbocycles. The van der Waals surface area contributed by atoms with E-state index < -0.39 is 5.97 Å². The third-order valence-corrected chi connectivity index (χ3v) is 5.89. The molecule has 2 fully saturated rings. The summed E-state index contributed by atoms with van der Waals surface area (Å²) in [5.41, 5.74) is 2.56. The first-order chi connectivity index (χ1) is 13.1. The summed E-state index contributed by atoms with van der Waals surface area (Å²) in [4.78, 5) is 20.1. The number of hydrogen-bond donors (Lipinski definition) is 1. The van der Waals surface area contributed by atoms with E-state index in [1.54, 1.807) is 12.4 Å². The third-order valence-electron chi connectivity index (χ3n) is 5.89. The van der Waals surface area contributed by atoms with Gasteiger partial charge in [-0.05, 0) is 49.3 Å². The molecule has 2 atom stereocenters. The Bertz CT molecular complexity index is 815. The largest absolute Gasteiger partial charge is 0.492 e. The minimum absolute atomic E-state index is 0.0311. The molecule has 2 aromatic heterocycles.